The second-order valence-electron chi connectivity index (χ2n) is 4.12. The lowest BCUT2D eigenvalue weighted by atomic mass is 10.4. The van der Waals surface area contributed by atoms with E-state index in [0.717, 1.165) is 18.0 Å². The Morgan fingerprint density at radius 1 is 1.17 bits per heavy atom. The van der Waals surface area contributed by atoms with Gasteiger partial charge < -0.3 is 10.6 Å². The molecule has 3 heterocycles. The van der Waals surface area contributed by atoms with Crippen molar-refractivity contribution in [2.45, 2.75) is 12.8 Å². The number of nitrogens with zero attached hydrogens (tertiary/aromatic N) is 4. The van der Waals surface area contributed by atoms with E-state index in [0.29, 0.717) is 16.1 Å². The first kappa shape index (κ1) is 11.7. The quantitative estimate of drug-likeness (QED) is 0.916. The van der Waals surface area contributed by atoms with E-state index in [4.69, 9.17) is 17.3 Å². The van der Waals surface area contributed by atoms with Crippen molar-refractivity contribution >= 4 is 34.8 Å². The summed E-state index contributed by atoms with van der Waals surface area (Å²) in [5, 5.41) is 0. The van der Waals surface area contributed by atoms with E-state index in [2.05, 4.69) is 19.9 Å². The molecule has 0 amide bonds. The summed E-state index contributed by atoms with van der Waals surface area (Å²) in [6.45, 7) is 1.96. The van der Waals surface area contributed by atoms with Crippen molar-refractivity contribution in [1.82, 2.24) is 15.0 Å². The van der Waals surface area contributed by atoms with Crippen LogP contribution in [0.15, 0.2) is 12.1 Å². The third-order valence-electron chi connectivity index (χ3n) is 2.82. The van der Waals surface area contributed by atoms with Gasteiger partial charge in [0.05, 0.1) is 9.21 Å². The smallest absolute Gasteiger partial charge is 0.230 e. The summed E-state index contributed by atoms with van der Waals surface area (Å²) in [6.07, 6.45) is 2.34. The van der Waals surface area contributed by atoms with Gasteiger partial charge in [0.25, 0.3) is 0 Å². The lowest BCUT2D eigenvalue weighted by Crippen LogP contribution is -2.21. The minimum atomic E-state index is 0.256. The molecule has 2 aromatic rings. The highest BCUT2D eigenvalue weighted by molar-refractivity contribution is 7.19. The molecule has 5 nitrogen and oxygen atoms in total. The molecule has 0 unspecified atom stereocenters. The van der Waals surface area contributed by atoms with Crippen LogP contribution in [0.5, 0.6) is 0 Å². The topological polar surface area (TPSA) is 67.9 Å². The number of thiophene rings is 1. The number of rotatable bonds is 2. The van der Waals surface area contributed by atoms with Crippen LogP contribution in [-0.4, -0.2) is 28.0 Å². The van der Waals surface area contributed by atoms with Crippen molar-refractivity contribution in [1.29, 1.82) is 0 Å². The number of hydrogen-bond acceptors (Lipinski definition) is 6. The number of halogens is 1. The third kappa shape index (κ3) is 2.26. The van der Waals surface area contributed by atoms with E-state index < -0.39 is 0 Å². The van der Waals surface area contributed by atoms with Gasteiger partial charge in [0.1, 0.15) is 0 Å². The van der Waals surface area contributed by atoms with Crippen LogP contribution in [0, 0.1) is 0 Å². The first-order valence-electron chi connectivity index (χ1n) is 5.74. The fourth-order valence-corrected chi connectivity index (χ4v) is 2.96. The van der Waals surface area contributed by atoms with Gasteiger partial charge in [-0.3, -0.25) is 0 Å². The highest BCUT2D eigenvalue weighted by Gasteiger charge is 2.17. The zero-order valence-electron chi connectivity index (χ0n) is 9.64. The first-order valence-corrected chi connectivity index (χ1v) is 6.94. The lowest BCUT2D eigenvalue weighted by Gasteiger charge is -2.15. The highest BCUT2D eigenvalue weighted by atomic mass is 35.5. The molecule has 0 saturated carbocycles. The monoisotopic (exact) mass is 281 g/mol. The minimum Gasteiger partial charge on any atom is -0.368 e. The van der Waals surface area contributed by atoms with Crippen molar-refractivity contribution in [3.05, 3.63) is 16.5 Å². The summed E-state index contributed by atoms with van der Waals surface area (Å²) in [7, 11) is 0. The van der Waals surface area contributed by atoms with Gasteiger partial charge in [-0.2, -0.15) is 15.0 Å². The molecule has 18 heavy (non-hydrogen) atoms. The van der Waals surface area contributed by atoms with Crippen molar-refractivity contribution in [2.75, 3.05) is 23.7 Å². The molecule has 3 rings (SSSR count). The molecule has 0 aromatic carbocycles. The lowest BCUT2D eigenvalue weighted by molar-refractivity contribution is 0.888. The SMILES string of the molecule is Nc1nc(-c2ccc(Cl)s2)nc(N2CCCC2)n1. The second-order valence-corrected chi connectivity index (χ2v) is 5.83. The predicted octanol–water partition coefficient (Wildman–Crippen LogP) is 2.44. The maximum atomic E-state index is 5.92. The van der Waals surface area contributed by atoms with Gasteiger partial charge in [-0.15, -0.1) is 11.3 Å². The van der Waals surface area contributed by atoms with Crippen LogP contribution in [0.2, 0.25) is 4.34 Å². The Morgan fingerprint density at radius 2 is 1.94 bits per heavy atom. The second kappa shape index (κ2) is 4.70. The van der Waals surface area contributed by atoms with Gasteiger partial charge in [0, 0.05) is 13.1 Å². The fourth-order valence-electron chi connectivity index (χ4n) is 1.98. The van der Waals surface area contributed by atoms with E-state index in [1.807, 2.05) is 12.1 Å². The molecule has 0 spiro atoms. The van der Waals surface area contributed by atoms with Crippen LogP contribution in [-0.2, 0) is 0 Å². The highest BCUT2D eigenvalue weighted by Crippen LogP contribution is 2.30. The maximum absolute atomic E-state index is 5.92. The van der Waals surface area contributed by atoms with E-state index in [9.17, 15) is 0 Å². The van der Waals surface area contributed by atoms with Gasteiger partial charge in [-0.1, -0.05) is 11.6 Å². The number of nitrogen functional groups attached to an aromatic ring is 1. The van der Waals surface area contributed by atoms with Crippen LogP contribution >= 0.6 is 22.9 Å². The predicted molar refractivity (Wildman–Crippen MR) is 74.0 cm³/mol. The average Bonchev–Trinajstić information content (AvgIpc) is 2.98. The Balaban J connectivity index is 1.99. The molecule has 0 atom stereocenters. The van der Waals surface area contributed by atoms with E-state index in [-0.39, 0.29) is 5.95 Å². The van der Waals surface area contributed by atoms with Gasteiger partial charge in [0.2, 0.25) is 11.9 Å². The molecule has 1 aliphatic rings. The number of hydrogen-bond donors (Lipinski definition) is 1. The fraction of sp³-hybridized carbons (Fsp3) is 0.364. The van der Waals surface area contributed by atoms with Crippen molar-refractivity contribution in [3.8, 4) is 10.7 Å². The van der Waals surface area contributed by atoms with E-state index >= 15 is 0 Å². The molecule has 0 bridgehead atoms. The molecule has 7 heteroatoms. The number of anilines is 2. The maximum Gasteiger partial charge on any atom is 0.230 e. The average molecular weight is 282 g/mol. The van der Waals surface area contributed by atoms with Crippen LogP contribution in [0.25, 0.3) is 10.7 Å². The zero-order valence-corrected chi connectivity index (χ0v) is 11.2. The minimum absolute atomic E-state index is 0.256. The van der Waals surface area contributed by atoms with Crippen molar-refractivity contribution in [3.63, 3.8) is 0 Å². The van der Waals surface area contributed by atoms with Crippen molar-refractivity contribution < 1.29 is 0 Å². The molecular weight excluding hydrogens is 270 g/mol. The van der Waals surface area contributed by atoms with E-state index in [1.165, 1.54) is 24.2 Å². The normalized spacial score (nSPS) is 15.3. The van der Waals surface area contributed by atoms with Gasteiger partial charge in [0.15, 0.2) is 5.82 Å². The van der Waals surface area contributed by atoms with Crippen LogP contribution in [0.3, 0.4) is 0 Å². The third-order valence-corrected chi connectivity index (χ3v) is 4.05. The summed E-state index contributed by atoms with van der Waals surface area (Å²) < 4.78 is 0.715. The Kier molecular flexibility index (Phi) is 3.05. The Hall–Kier alpha value is -1.40. The summed E-state index contributed by atoms with van der Waals surface area (Å²) in [5.41, 5.74) is 5.75. The van der Waals surface area contributed by atoms with Gasteiger partial charge >= 0.3 is 0 Å². The molecule has 2 N–H and O–H groups in total. The Bertz CT molecular complexity index is 564. The summed E-state index contributed by atoms with van der Waals surface area (Å²) in [6, 6.07) is 3.73. The molecule has 1 aliphatic heterocycles. The summed E-state index contributed by atoms with van der Waals surface area (Å²) in [5.74, 6) is 1.52. The van der Waals surface area contributed by atoms with Crippen molar-refractivity contribution in [2.24, 2.45) is 0 Å². The molecule has 94 valence electrons. The van der Waals surface area contributed by atoms with Gasteiger partial charge in [-0.25, -0.2) is 0 Å². The standard InChI is InChI=1S/C11H12ClN5S/c12-8-4-3-7(18-8)9-14-10(13)16-11(15-9)17-5-1-2-6-17/h3-4H,1-2,5-6H2,(H2,13,14,15,16). The summed E-state index contributed by atoms with van der Waals surface area (Å²) >= 11 is 7.36. The molecule has 0 radical (unpaired) electrons. The molecular formula is C11H12ClN5S. The molecule has 0 aliphatic carbocycles. The van der Waals surface area contributed by atoms with Crippen LogP contribution in [0.1, 0.15) is 12.8 Å². The molecule has 2 aromatic heterocycles. The van der Waals surface area contributed by atoms with E-state index in [1.54, 1.807) is 0 Å². The Morgan fingerprint density at radius 3 is 2.61 bits per heavy atom. The summed E-state index contributed by atoms with van der Waals surface area (Å²) in [4.78, 5) is 15.9. The van der Waals surface area contributed by atoms with Crippen LogP contribution in [0.4, 0.5) is 11.9 Å². The number of nitrogens with two attached hydrogens (primary N) is 1. The van der Waals surface area contributed by atoms with Crippen LogP contribution < -0.4 is 10.6 Å². The molecule has 1 saturated heterocycles. The zero-order chi connectivity index (χ0) is 12.5. The largest absolute Gasteiger partial charge is 0.368 e. The molecule has 1 fully saturated rings. The Labute approximate surface area is 114 Å². The first-order chi connectivity index (χ1) is 8.72. The van der Waals surface area contributed by atoms with Gasteiger partial charge in [-0.05, 0) is 25.0 Å². The number of aromatic nitrogens is 3.